The van der Waals surface area contributed by atoms with Gasteiger partial charge in [-0.3, -0.25) is 14.7 Å². The number of nitrogens with one attached hydrogen (secondary N) is 1. The summed E-state index contributed by atoms with van der Waals surface area (Å²) >= 11 is 0. The molecule has 0 aliphatic heterocycles. The van der Waals surface area contributed by atoms with Crippen LogP contribution in [0.3, 0.4) is 0 Å². The summed E-state index contributed by atoms with van der Waals surface area (Å²) in [6, 6.07) is 0. The fraction of sp³-hybridized carbons (Fsp3) is 0.250. The molecular weight excluding hydrogens is 276 g/mol. The van der Waals surface area contributed by atoms with Crippen LogP contribution in [0.1, 0.15) is 28.8 Å². The molecule has 9 heteroatoms. The lowest BCUT2D eigenvalue weighted by Crippen LogP contribution is -2.21. The molecule has 0 bridgehead atoms. The SMILES string of the molecule is CCc1c(C)nc2c(-c3nc(C(N)=O)no3)c[nH]n2c1=O. The Morgan fingerprint density at radius 1 is 1.48 bits per heavy atom. The van der Waals surface area contributed by atoms with Crippen molar-refractivity contribution in [2.75, 3.05) is 0 Å². The molecule has 0 spiro atoms. The maximum atomic E-state index is 12.3. The first kappa shape index (κ1) is 13.0. The smallest absolute Gasteiger partial charge is 0.290 e. The average Bonchev–Trinajstić information content (AvgIpc) is 3.04. The van der Waals surface area contributed by atoms with Gasteiger partial charge in [0.2, 0.25) is 0 Å². The molecular formula is C12H12N6O3. The molecule has 0 saturated carbocycles. The van der Waals surface area contributed by atoms with E-state index in [1.165, 1.54) is 10.7 Å². The number of aryl methyl sites for hydroxylation is 1. The zero-order valence-corrected chi connectivity index (χ0v) is 11.4. The van der Waals surface area contributed by atoms with Crippen molar-refractivity contribution in [3.05, 3.63) is 33.6 Å². The van der Waals surface area contributed by atoms with Crippen molar-refractivity contribution in [1.29, 1.82) is 0 Å². The minimum absolute atomic E-state index is 0.0677. The molecule has 3 aromatic heterocycles. The van der Waals surface area contributed by atoms with Crippen LogP contribution in [0.15, 0.2) is 15.5 Å². The normalized spacial score (nSPS) is 11.1. The molecule has 0 radical (unpaired) electrons. The molecule has 3 aromatic rings. The Morgan fingerprint density at radius 3 is 2.86 bits per heavy atom. The number of hydrogen-bond donors (Lipinski definition) is 2. The van der Waals surface area contributed by atoms with Crippen LogP contribution in [0.5, 0.6) is 0 Å². The number of H-pyrrole nitrogens is 1. The Balaban J connectivity index is 2.25. The van der Waals surface area contributed by atoms with E-state index < -0.39 is 5.91 Å². The number of hydrogen-bond acceptors (Lipinski definition) is 6. The minimum atomic E-state index is -0.792. The topological polar surface area (TPSA) is 132 Å². The van der Waals surface area contributed by atoms with E-state index in [0.29, 0.717) is 28.9 Å². The van der Waals surface area contributed by atoms with Gasteiger partial charge >= 0.3 is 0 Å². The van der Waals surface area contributed by atoms with Crippen molar-refractivity contribution in [1.82, 2.24) is 24.7 Å². The quantitative estimate of drug-likeness (QED) is 0.699. The summed E-state index contributed by atoms with van der Waals surface area (Å²) < 4.78 is 6.28. The third kappa shape index (κ3) is 1.90. The van der Waals surface area contributed by atoms with Gasteiger partial charge in [0.15, 0.2) is 5.65 Å². The fourth-order valence-electron chi connectivity index (χ4n) is 2.15. The van der Waals surface area contributed by atoms with Crippen LogP contribution in [0.2, 0.25) is 0 Å². The summed E-state index contributed by atoms with van der Waals surface area (Å²) in [4.78, 5) is 31.5. The Morgan fingerprint density at radius 2 is 2.24 bits per heavy atom. The molecule has 1 amide bonds. The summed E-state index contributed by atoms with van der Waals surface area (Å²) in [5.74, 6) is -0.953. The third-order valence-corrected chi connectivity index (χ3v) is 3.19. The molecule has 0 atom stereocenters. The monoisotopic (exact) mass is 288 g/mol. The summed E-state index contributed by atoms with van der Waals surface area (Å²) in [5.41, 5.74) is 6.95. The number of rotatable bonds is 3. The molecule has 0 aliphatic rings. The fourth-order valence-corrected chi connectivity index (χ4v) is 2.15. The number of carbonyl (C=O) groups is 1. The molecule has 0 saturated heterocycles. The van der Waals surface area contributed by atoms with Crippen molar-refractivity contribution in [2.24, 2.45) is 5.73 Å². The average molecular weight is 288 g/mol. The highest BCUT2D eigenvalue weighted by Crippen LogP contribution is 2.21. The van der Waals surface area contributed by atoms with Crippen LogP contribution >= 0.6 is 0 Å². The van der Waals surface area contributed by atoms with Gasteiger partial charge < -0.3 is 10.3 Å². The zero-order chi connectivity index (χ0) is 15.1. The van der Waals surface area contributed by atoms with Crippen molar-refractivity contribution >= 4 is 11.6 Å². The molecule has 0 aliphatic carbocycles. The van der Waals surface area contributed by atoms with Gasteiger partial charge in [0.05, 0.1) is 0 Å². The van der Waals surface area contributed by atoms with Gasteiger partial charge in [-0.05, 0) is 13.3 Å². The molecule has 9 nitrogen and oxygen atoms in total. The van der Waals surface area contributed by atoms with Crippen molar-refractivity contribution in [3.8, 4) is 11.5 Å². The van der Waals surface area contributed by atoms with Crippen LogP contribution in [0.25, 0.3) is 17.1 Å². The van der Waals surface area contributed by atoms with Crippen LogP contribution in [-0.4, -0.2) is 30.6 Å². The lowest BCUT2D eigenvalue weighted by molar-refractivity contribution is 0.0987. The summed E-state index contributed by atoms with van der Waals surface area (Å²) in [6.07, 6.45) is 2.10. The number of nitrogens with two attached hydrogens (primary N) is 1. The highest BCUT2D eigenvalue weighted by atomic mass is 16.5. The second kappa shape index (κ2) is 4.54. The van der Waals surface area contributed by atoms with Crippen LogP contribution in [0.4, 0.5) is 0 Å². The van der Waals surface area contributed by atoms with Gasteiger partial charge in [0, 0.05) is 17.5 Å². The maximum Gasteiger partial charge on any atom is 0.290 e. The number of carbonyl (C=O) groups excluding carboxylic acids is 1. The van der Waals surface area contributed by atoms with E-state index >= 15 is 0 Å². The van der Waals surface area contributed by atoms with E-state index in [-0.39, 0.29) is 17.3 Å². The highest BCUT2D eigenvalue weighted by Gasteiger charge is 2.19. The number of aromatic nitrogens is 5. The first-order valence-corrected chi connectivity index (χ1v) is 6.26. The van der Waals surface area contributed by atoms with E-state index in [4.69, 9.17) is 10.3 Å². The van der Waals surface area contributed by atoms with E-state index in [9.17, 15) is 9.59 Å². The Labute approximate surface area is 117 Å². The number of nitrogens with zero attached hydrogens (tertiary/aromatic N) is 4. The standard InChI is InChI=1S/C12H12N6O3/c1-3-6-5(2)15-10-7(4-14-18(10)12(6)20)11-16-9(8(13)19)17-21-11/h4,14H,3H2,1-2H3,(H2,13,19). The molecule has 0 unspecified atom stereocenters. The Kier molecular flexibility index (Phi) is 2.82. The van der Waals surface area contributed by atoms with Crippen molar-refractivity contribution in [3.63, 3.8) is 0 Å². The molecule has 3 heterocycles. The van der Waals surface area contributed by atoms with Gasteiger partial charge in [-0.15, -0.1) is 0 Å². The van der Waals surface area contributed by atoms with Gasteiger partial charge in [0.1, 0.15) is 5.56 Å². The van der Waals surface area contributed by atoms with Gasteiger partial charge in [-0.2, -0.15) is 4.98 Å². The lowest BCUT2D eigenvalue weighted by Gasteiger charge is -2.02. The largest absolute Gasteiger partial charge is 0.363 e. The van der Waals surface area contributed by atoms with E-state index in [2.05, 4.69) is 20.2 Å². The van der Waals surface area contributed by atoms with Crippen molar-refractivity contribution < 1.29 is 9.32 Å². The van der Waals surface area contributed by atoms with Gasteiger partial charge in [-0.25, -0.2) is 9.50 Å². The second-order valence-corrected chi connectivity index (χ2v) is 4.47. The van der Waals surface area contributed by atoms with Gasteiger partial charge in [-0.1, -0.05) is 12.1 Å². The maximum absolute atomic E-state index is 12.3. The van der Waals surface area contributed by atoms with Crippen LogP contribution in [-0.2, 0) is 6.42 Å². The van der Waals surface area contributed by atoms with Crippen molar-refractivity contribution in [2.45, 2.75) is 20.3 Å². The summed E-state index contributed by atoms with van der Waals surface area (Å²) in [5, 5.41) is 6.26. The first-order valence-electron chi connectivity index (χ1n) is 6.26. The predicted octanol–water partition coefficient (Wildman–Crippen LogP) is 0.0423. The molecule has 0 fully saturated rings. The summed E-state index contributed by atoms with van der Waals surface area (Å²) in [6.45, 7) is 3.65. The van der Waals surface area contributed by atoms with E-state index in [1.54, 1.807) is 6.92 Å². The zero-order valence-electron chi connectivity index (χ0n) is 11.4. The Bertz CT molecular complexity index is 903. The number of fused-ring (bicyclic) bond motifs is 1. The lowest BCUT2D eigenvalue weighted by atomic mass is 10.2. The second-order valence-electron chi connectivity index (χ2n) is 4.47. The van der Waals surface area contributed by atoms with Gasteiger partial charge in [0.25, 0.3) is 23.2 Å². The molecule has 3 N–H and O–H groups in total. The number of primary amides is 1. The number of aromatic amines is 1. The van der Waals surface area contributed by atoms with Crippen LogP contribution in [0, 0.1) is 6.92 Å². The first-order chi connectivity index (χ1) is 10.0. The minimum Gasteiger partial charge on any atom is -0.363 e. The number of amides is 1. The Hall–Kier alpha value is -2.97. The predicted molar refractivity (Wildman–Crippen MR) is 71.7 cm³/mol. The third-order valence-electron chi connectivity index (χ3n) is 3.19. The molecule has 21 heavy (non-hydrogen) atoms. The van der Waals surface area contributed by atoms with E-state index in [1.807, 2.05) is 6.92 Å². The summed E-state index contributed by atoms with van der Waals surface area (Å²) in [7, 11) is 0. The molecule has 3 rings (SSSR count). The highest BCUT2D eigenvalue weighted by molar-refractivity contribution is 5.89. The molecule has 108 valence electrons. The van der Waals surface area contributed by atoms with E-state index in [0.717, 1.165) is 0 Å². The molecule has 0 aromatic carbocycles. The van der Waals surface area contributed by atoms with Crippen LogP contribution < -0.4 is 11.3 Å².